The van der Waals surface area contributed by atoms with Crippen LogP contribution in [0.3, 0.4) is 0 Å². The van der Waals surface area contributed by atoms with Gasteiger partial charge in [-0.25, -0.2) is 85.5 Å². The molecule has 0 bridgehead atoms. The largest absolute Gasteiger partial charge is 0.489 e. The lowest BCUT2D eigenvalue weighted by molar-refractivity contribution is 0.0673. The first kappa shape index (κ1) is 97.1. The number of aryl methyl sites for hydroxylation is 4. The first-order valence-corrected chi connectivity index (χ1v) is 47.3. The number of hydrogen-bond donors (Lipinski definition) is 6. The third kappa shape index (κ3) is 23.5. The van der Waals surface area contributed by atoms with Crippen molar-refractivity contribution >= 4 is 67.4 Å². The third-order valence-corrected chi connectivity index (χ3v) is 24.3. The topological polar surface area (TPSA) is 452 Å². The van der Waals surface area contributed by atoms with Crippen molar-refractivity contribution in [1.29, 1.82) is 0 Å². The number of aliphatic hydroxyl groups is 2. The molecular weight excluding hydrogens is 1920 g/mol. The highest BCUT2D eigenvalue weighted by molar-refractivity contribution is 6.01. The number of imidazole rings is 1. The number of nitrogens with two attached hydrogens (primary N) is 4. The fourth-order valence-electron chi connectivity index (χ4n) is 16.9. The fourth-order valence-corrected chi connectivity index (χ4v) is 16.9. The van der Waals surface area contributed by atoms with E-state index >= 15 is 4.39 Å². The van der Waals surface area contributed by atoms with E-state index in [1.165, 1.54) is 79.9 Å². The smallest absolute Gasteiger partial charge is 0.164 e. The first-order valence-electron chi connectivity index (χ1n) is 48.3. The highest BCUT2D eigenvalue weighted by Gasteiger charge is 2.29. The predicted octanol–water partition coefficient (Wildman–Crippen LogP) is 18.8. The number of fused-ring (bicyclic) bond motifs is 4. The Hall–Kier alpha value is -18.0. The highest BCUT2D eigenvalue weighted by atomic mass is 19.1. The molecule has 0 amide bonds. The van der Waals surface area contributed by atoms with E-state index in [1.54, 1.807) is 105 Å². The molecule has 149 heavy (non-hydrogen) atoms. The number of anilines is 4. The van der Waals surface area contributed by atoms with Gasteiger partial charge in [0.2, 0.25) is 0 Å². The number of rotatable bonds is 31. The molecule has 8 aromatic carbocycles. The van der Waals surface area contributed by atoms with E-state index < -0.39 is 35.6 Å². The summed E-state index contributed by atoms with van der Waals surface area (Å²) < 4.78 is 159. The highest BCUT2D eigenvalue weighted by Crippen LogP contribution is 2.43. The molecule has 22 rings (SSSR count). The molecule has 2 aliphatic heterocycles. The number of aromatic nitrogens is 21. The quantitative estimate of drug-likeness (QED) is 0.0220. The summed E-state index contributed by atoms with van der Waals surface area (Å²) in [5.74, 6) is 2.00. The van der Waals surface area contributed by atoms with E-state index in [0.717, 1.165) is 95.1 Å². The number of pyridine rings is 1. The zero-order valence-electron chi connectivity index (χ0n) is 82.8. The van der Waals surface area contributed by atoms with Gasteiger partial charge in [0.05, 0.1) is 92.3 Å². The normalized spacial score (nSPS) is 13.0. The summed E-state index contributed by atoms with van der Waals surface area (Å²) in [5.41, 5.74) is 35.6. The molecule has 20 aromatic rings. The Kier molecular flexibility index (Phi) is 29.6. The Morgan fingerprint density at radius 1 is 0.389 bits per heavy atom. The predicted molar refractivity (Wildman–Crippen MR) is 544 cm³/mol. The number of benzene rings is 8. The van der Waals surface area contributed by atoms with Crippen LogP contribution < -0.4 is 60.8 Å². The number of halogens is 5. The van der Waals surface area contributed by atoms with Gasteiger partial charge in [0.1, 0.15) is 196 Å². The second-order valence-electron chi connectivity index (χ2n) is 34.5. The van der Waals surface area contributed by atoms with Crippen LogP contribution in [-0.2, 0) is 69.6 Å². The maximum Gasteiger partial charge on any atom is 0.164 e. The number of nitrogen functional groups attached to an aromatic ring is 4. The van der Waals surface area contributed by atoms with Gasteiger partial charge >= 0.3 is 0 Å². The van der Waals surface area contributed by atoms with Gasteiger partial charge < -0.3 is 94.2 Å². The summed E-state index contributed by atoms with van der Waals surface area (Å²) in [5, 5.41) is 39.8. The minimum absolute atomic E-state index is 0.00159. The molecule has 0 aliphatic carbocycles. The minimum atomic E-state index is -2.24. The van der Waals surface area contributed by atoms with Crippen LogP contribution in [0.15, 0.2) is 257 Å². The number of ether oxygens (including phenoxy) is 10. The lowest BCUT2D eigenvalue weighted by Gasteiger charge is -2.22. The van der Waals surface area contributed by atoms with Crippen molar-refractivity contribution < 1.29 is 82.3 Å². The van der Waals surface area contributed by atoms with Gasteiger partial charge in [0, 0.05) is 178 Å². The van der Waals surface area contributed by atoms with Gasteiger partial charge in [-0.3, -0.25) is 4.98 Å². The molecule has 0 spiro atoms. The Bertz CT molecular complexity index is 8210. The lowest BCUT2D eigenvalue weighted by atomic mass is 10.1. The molecule has 42 heteroatoms. The molecule has 10 N–H and O–H groups in total. The van der Waals surface area contributed by atoms with Crippen LogP contribution in [0.1, 0.15) is 75.8 Å². The van der Waals surface area contributed by atoms with E-state index in [2.05, 4.69) is 71.5 Å². The van der Waals surface area contributed by atoms with Crippen LogP contribution in [-0.4, -0.2) is 153 Å². The van der Waals surface area contributed by atoms with Crippen LogP contribution >= 0.6 is 0 Å². The molecule has 2 aliphatic rings. The monoisotopic (exact) mass is 2020 g/mol. The van der Waals surface area contributed by atoms with Gasteiger partial charge in [-0.2, -0.15) is 20.4 Å². The minimum Gasteiger partial charge on any atom is -0.489 e. The third-order valence-electron chi connectivity index (χ3n) is 24.3. The summed E-state index contributed by atoms with van der Waals surface area (Å²) in [6, 6.07) is 53.3. The summed E-state index contributed by atoms with van der Waals surface area (Å²) in [6.07, 6.45) is 17.5. The van der Waals surface area contributed by atoms with Gasteiger partial charge in [-0.1, -0.05) is 6.07 Å². The van der Waals surface area contributed by atoms with Crippen LogP contribution in [0.4, 0.5) is 45.2 Å². The van der Waals surface area contributed by atoms with Crippen LogP contribution in [0, 0.1) is 36.0 Å². The van der Waals surface area contributed by atoms with Crippen molar-refractivity contribution in [2.24, 2.45) is 14.1 Å². The zero-order chi connectivity index (χ0) is 105. The second kappa shape index (κ2) is 45.5. The number of aliphatic hydroxyl groups excluding tert-OH is 2. The Morgan fingerprint density at radius 3 is 1.21 bits per heavy atom. The number of hydrogen-bond acceptors (Lipinski definition) is 30. The molecule has 0 atom stereocenters. The summed E-state index contributed by atoms with van der Waals surface area (Å²) >= 11 is 0. The molecular formula is C107H100F5N25O12. The van der Waals surface area contributed by atoms with E-state index in [9.17, 15) is 27.8 Å². The zero-order valence-corrected chi connectivity index (χ0v) is 80.8. The fraction of sp³-hybridized carbons (Fsp3) is 0.215. The van der Waals surface area contributed by atoms with Crippen molar-refractivity contribution in [2.75, 3.05) is 62.6 Å². The summed E-state index contributed by atoms with van der Waals surface area (Å²) in [6.45, 7) is 6.34. The number of nitrogens with zero attached hydrogens (tertiary/aromatic N) is 21. The van der Waals surface area contributed by atoms with Crippen LogP contribution in [0.25, 0.3) is 89.2 Å². The molecule has 2 saturated heterocycles. The second-order valence-corrected chi connectivity index (χ2v) is 34.5. The van der Waals surface area contributed by atoms with E-state index in [1.807, 2.05) is 102 Å². The molecule has 0 unspecified atom stereocenters. The van der Waals surface area contributed by atoms with E-state index in [-0.39, 0.29) is 85.9 Å². The van der Waals surface area contributed by atoms with Gasteiger partial charge in [-0.15, -0.1) is 0 Å². The maximum atomic E-state index is 15.5. The molecule has 2 fully saturated rings. The lowest BCUT2D eigenvalue weighted by Crippen LogP contribution is -2.20. The van der Waals surface area contributed by atoms with Gasteiger partial charge in [-0.05, 0) is 155 Å². The average Bonchev–Trinajstić information content (AvgIpc) is 1.64. The van der Waals surface area contributed by atoms with Crippen molar-refractivity contribution in [3.05, 3.63) is 314 Å². The average molecular weight is 2030 g/mol. The molecule has 0 radical (unpaired) electrons. The van der Waals surface area contributed by atoms with Gasteiger partial charge in [0.15, 0.2) is 22.6 Å². The van der Waals surface area contributed by atoms with Crippen molar-refractivity contribution in [2.45, 2.75) is 97.6 Å². The first-order chi connectivity index (χ1) is 73.3. The maximum absolute atomic E-state index is 15.5. The molecule has 37 nitrogen and oxygen atoms in total. The van der Waals surface area contributed by atoms with Crippen molar-refractivity contribution in [3.63, 3.8) is 0 Å². The molecule has 0 saturated carbocycles. The van der Waals surface area contributed by atoms with Gasteiger partial charge in [0.25, 0.3) is 0 Å². The van der Waals surface area contributed by atoms with Crippen LogP contribution in [0.5, 0.6) is 69.0 Å². The Morgan fingerprint density at radius 2 is 0.785 bits per heavy atom. The Balaban J connectivity index is 0.000000126. The van der Waals surface area contributed by atoms with Crippen molar-refractivity contribution in [3.8, 4) is 114 Å². The molecule has 760 valence electrons. The van der Waals surface area contributed by atoms with E-state index in [0.29, 0.717) is 164 Å². The summed E-state index contributed by atoms with van der Waals surface area (Å²) in [7, 11) is 3.53. The van der Waals surface area contributed by atoms with Crippen molar-refractivity contribution in [1.82, 2.24) is 103 Å². The molecule has 12 aromatic heterocycles. The van der Waals surface area contributed by atoms with Crippen LogP contribution in [0.2, 0.25) is 0 Å². The standard InChI is InChI=1S/C29H29FN6O3.C28H26F2N6O3.C26H23FN6O3.C24H22FN7O3/c1-2-35-11-3-4-22(35)17-38-24-14-20(30)15-25(16-24)39-23-7-5-19(6-8-23)27-26-28(31)32-18-33-29(26)36(34-27)21-9-12-37-13-10-21;1-35-8-2-3-19(35)15-38-21-11-17(29)12-22(13-21)39-20-4-5-23(24(30)14-20)26-25-27(31)32-16-33-28(25)36(34-26)18-6-9-37-10-7-18;1-16-2-3-17(13-29-16)14-35-21-10-19(27)11-22(12-21)36-20-6-4-18(5-7-20)24-23-25(28)30-15-31-26(23)33(32-24)8-9-34;1-31-14-27-11-17(31)12-34-19-8-16(25)9-20(10-19)35-18-4-2-15(3-5-18)22-21-23(26)28-13-29-24(21)32(30-22)6-7-33/h3-8,11,14-16,18,21H,2,9-10,12-13,17H2,1H3,(H2,31,32,33);2-5,8,11-14,16,18H,6-7,9-10,15H2,1H3,(H2,31,32,33);2-7,10-13,15,34H,8-9,14H2,1H3,(H2,28,30,31);2-5,8-11,13-14,33H,6-7,12H2,1H3,(H2,26,28,29)/i;15D2;;. The summed E-state index contributed by atoms with van der Waals surface area (Å²) in [4.78, 5) is 42.1. The SMILES string of the molecule is CCn1cccc1COc1cc(F)cc(Oc2ccc(-c3nn(C4CCOCC4)c4ncnc(N)c34)cc2)c1.Cc1ccc(COc2cc(F)cc(Oc3ccc(-c4nn(CCO)c5ncnc(N)c45)cc3)c2)cn1.Cn1cncc1COc1cc(F)cc(Oc2ccc(-c3nn(CCO)c4ncnc(N)c34)cc2)c1.[2H]C([2H])(Oc1cc(F)cc(Oc2ccc(-c3nn(C4CCOCC4)c4ncnc(N)c34)c(F)c2)c1)c1cccn1C. The molecule has 14 heterocycles. The Labute approximate surface area is 850 Å². The van der Waals surface area contributed by atoms with E-state index in [4.69, 9.17) is 83.2 Å².